The summed E-state index contributed by atoms with van der Waals surface area (Å²) in [5.41, 5.74) is 2.70. The van der Waals surface area contributed by atoms with Gasteiger partial charge in [-0.3, -0.25) is 4.40 Å². The first-order valence-electron chi connectivity index (χ1n) is 6.46. The Morgan fingerprint density at radius 3 is 2.67 bits per heavy atom. The Bertz CT molecular complexity index is 545. The molecular weight excluding hydrogens is 242 g/mol. The highest BCUT2D eigenvalue weighted by atomic mass is 32.1. The summed E-state index contributed by atoms with van der Waals surface area (Å²) in [7, 11) is 0. The number of aromatic nitrogens is 2. The van der Waals surface area contributed by atoms with Crippen LogP contribution in [0.3, 0.4) is 0 Å². The molecule has 2 aromatic rings. The Balaban J connectivity index is 2.18. The second kappa shape index (κ2) is 4.67. The maximum atomic E-state index is 4.62. The van der Waals surface area contributed by atoms with E-state index in [9.17, 15) is 0 Å². The fourth-order valence-electron chi connectivity index (χ4n) is 1.88. The van der Waals surface area contributed by atoms with E-state index in [0.717, 1.165) is 17.2 Å². The summed E-state index contributed by atoms with van der Waals surface area (Å²) in [5.74, 6) is 0. The minimum Gasteiger partial charge on any atom is -0.308 e. The normalized spacial score (nSPS) is 14.3. The van der Waals surface area contributed by atoms with Gasteiger partial charge in [0.05, 0.1) is 11.4 Å². The lowest BCUT2D eigenvalue weighted by molar-refractivity contribution is 0.284. The molecule has 100 valence electrons. The molecule has 18 heavy (non-hydrogen) atoms. The maximum Gasteiger partial charge on any atom is 0.194 e. The molecule has 4 heteroatoms. The smallest absolute Gasteiger partial charge is 0.194 e. The quantitative estimate of drug-likeness (QED) is 0.920. The van der Waals surface area contributed by atoms with Crippen molar-refractivity contribution in [1.29, 1.82) is 0 Å². The molecule has 0 radical (unpaired) electrons. The van der Waals surface area contributed by atoms with Gasteiger partial charge in [0.2, 0.25) is 0 Å². The van der Waals surface area contributed by atoms with E-state index in [-0.39, 0.29) is 5.41 Å². The van der Waals surface area contributed by atoms with E-state index in [4.69, 9.17) is 0 Å². The molecule has 0 aliphatic carbocycles. The third-order valence-corrected chi connectivity index (χ3v) is 4.51. The van der Waals surface area contributed by atoms with Crippen molar-refractivity contribution in [3.63, 3.8) is 0 Å². The molecule has 0 saturated carbocycles. The Morgan fingerprint density at radius 1 is 1.39 bits per heavy atom. The predicted molar refractivity (Wildman–Crippen MR) is 78.3 cm³/mol. The highest BCUT2D eigenvalue weighted by Gasteiger charge is 2.20. The molecule has 3 nitrogen and oxygen atoms in total. The predicted octanol–water partition coefficient (Wildman–Crippen LogP) is 3.54. The Hall–Kier alpha value is -0.870. The average Bonchev–Trinajstić information content (AvgIpc) is 2.69. The van der Waals surface area contributed by atoms with Crippen LogP contribution in [0.4, 0.5) is 0 Å². The van der Waals surface area contributed by atoms with Gasteiger partial charge < -0.3 is 5.32 Å². The molecule has 1 atom stereocenters. The van der Waals surface area contributed by atoms with Gasteiger partial charge in [0.25, 0.3) is 0 Å². The average molecular weight is 265 g/mol. The summed E-state index contributed by atoms with van der Waals surface area (Å²) < 4.78 is 2.22. The SMILES string of the molecule is Cc1cn2c(CNC(C)C(C)(C)C)c(C)nc2s1. The van der Waals surface area contributed by atoms with Crippen LogP contribution in [0, 0.1) is 19.3 Å². The zero-order valence-electron chi connectivity index (χ0n) is 12.2. The lowest BCUT2D eigenvalue weighted by atomic mass is 9.88. The lowest BCUT2D eigenvalue weighted by Crippen LogP contribution is -2.37. The summed E-state index contributed by atoms with van der Waals surface area (Å²) in [6.45, 7) is 14.1. The van der Waals surface area contributed by atoms with E-state index < -0.39 is 0 Å². The molecule has 0 aromatic carbocycles. The van der Waals surface area contributed by atoms with Gasteiger partial charge in [-0.1, -0.05) is 20.8 Å². The molecule has 0 aliphatic rings. The number of rotatable bonds is 3. The minimum atomic E-state index is 0.280. The summed E-state index contributed by atoms with van der Waals surface area (Å²) >= 11 is 1.75. The molecule has 0 fully saturated rings. The molecule has 0 bridgehead atoms. The molecule has 0 spiro atoms. The van der Waals surface area contributed by atoms with E-state index in [0.29, 0.717) is 6.04 Å². The Kier molecular flexibility index (Phi) is 3.52. The van der Waals surface area contributed by atoms with Crippen molar-refractivity contribution in [2.24, 2.45) is 5.41 Å². The minimum absolute atomic E-state index is 0.280. The van der Waals surface area contributed by atoms with Crippen molar-refractivity contribution in [2.45, 2.75) is 54.1 Å². The van der Waals surface area contributed by atoms with Crippen LogP contribution >= 0.6 is 11.3 Å². The van der Waals surface area contributed by atoms with Gasteiger partial charge in [0.1, 0.15) is 0 Å². The zero-order chi connectivity index (χ0) is 13.5. The molecular formula is C14H23N3S. The number of thiazole rings is 1. The Morgan fingerprint density at radius 2 is 2.06 bits per heavy atom. The van der Waals surface area contributed by atoms with Crippen LogP contribution in [0.5, 0.6) is 0 Å². The summed E-state index contributed by atoms with van der Waals surface area (Å²) in [6.07, 6.45) is 2.18. The molecule has 1 unspecified atom stereocenters. The highest BCUT2D eigenvalue weighted by molar-refractivity contribution is 7.17. The molecule has 2 aromatic heterocycles. The van der Waals surface area contributed by atoms with Crippen molar-refractivity contribution in [3.05, 3.63) is 22.5 Å². The summed E-state index contributed by atoms with van der Waals surface area (Å²) in [6, 6.07) is 0.474. The first-order chi connectivity index (χ1) is 8.29. The maximum absolute atomic E-state index is 4.62. The van der Waals surface area contributed by atoms with Crippen LogP contribution in [0.2, 0.25) is 0 Å². The fourth-order valence-corrected chi connectivity index (χ4v) is 2.77. The van der Waals surface area contributed by atoms with E-state index in [2.05, 4.69) is 62.4 Å². The van der Waals surface area contributed by atoms with Gasteiger partial charge in [-0.15, -0.1) is 11.3 Å². The number of hydrogen-bond acceptors (Lipinski definition) is 3. The number of fused-ring (bicyclic) bond motifs is 1. The third kappa shape index (κ3) is 2.59. The molecule has 0 aliphatic heterocycles. The molecule has 2 rings (SSSR count). The van der Waals surface area contributed by atoms with Gasteiger partial charge in [0.15, 0.2) is 4.96 Å². The topological polar surface area (TPSA) is 29.3 Å². The van der Waals surface area contributed by atoms with E-state index in [1.54, 1.807) is 11.3 Å². The first-order valence-corrected chi connectivity index (χ1v) is 7.28. The van der Waals surface area contributed by atoms with Crippen molar-refractivity contribution in [1.82, 2.24) is 14.7 Å². The fraction of sp³-hybridized carbons (Fsp3) is 0.643. The second-order valence-corrected chi connectivity index (χ2v) is 7.32. The molecule has 1 N–H and O–H groups in total. The van der Waals surface area contributed by atoms with Gasteiger partial charge in [0, 0.05) is 23.7 Å². The van der Waals surface area contributed by atoms with E-state index in [1.807, 2.05) is 0 Å². The number of nitrogens with one attached hydrogen (secondary N) is 1. The van der Waals surface area contributed by atoms with Crippen molar-refractivity contribution in [3.8, 4) is 0 Å². The molecule has 0 amide bonds. The number of nitrogens with zero attached hydrogens (tertiary/aromatic N) is 2. The van der Waals surface area contributed by atoms with Crippen LogP contribution in [0.25, 0.3) is 4.96 Å². The van der Waals surface area contributed by atoms with Gasteiger partial charge in [-0.2, -0.15) is 0 Å². The van der Waals surface area contributed by atoms with Crippen LogP contribution < -0.4 is 5.32 Å². The van der Waals surface area contributed by atoms with Crippen LogP contribution in [0.1, 0.15) is 44.0 Å². The third-order valence-electron chi connectivity index (χ3n) is 3.62. The summed E-state index contributed by atoms with van der Waals surface area (Å²) in [5, 5.41) is 3.61. The number of aryl methyl sites for hydroxylation is 2. The van der Waals surface area contributed by atoms with Crippen LogP contribution in [0.15, 0.2) is 6.20 Å². The summed E-state index contributed by atoms with van der Waals surface area (Å²) in [4.78, 5) is 7.03. The van der Waals surface area contributed by atoms with E-state index >= 15 is 0 Å². The number of imidazole rings is 1. The number of hydrogen-bond donors (Lipinski definition) is 1. The van der Waals surface area contributed by atoms with Gasteiger partial charge in [-0.05, 0) is 26.2 Å². The van der Waals surface area contributed by atoms with E-state index in [1.165, 1.54) is 10.6 Å². The molecule has 2 heterocycles. The standard InChI is InChI=1S/C14H23N3S/c1-9-8-17-12(10(2)16-13(17)18-9)7-15-11(3)14(4,5)6/h8,11,15H,7H2,1-6H3. The second-order valence-electron chi connectivity index (χ2n) is 6.11. The van der Waals surface area contributed by atoms with Gasteiger partial charge in [-0.25, -0.2) is 4.98 Å². The first kappa shape index (κ1) is 13.6. The van der Waals surface area contributed by atoms with Gasteiger partial charge >= 0.3 is 0 Å². The Labute approximate surface area is 113 Å². The zero-order valence-corrected chi connectivity index (χ0v) is 13.0. The monoisotopic (exact) mass is 265 g/mol. The van der Waals surface area contributed by atoms with Crippen LogP contribution in [-0.2, 0) is 6.54 Å². The van der Waals surface area contributed by atoms with Crippen molar-refractivity contribution < 1.29 is 0 Å². The van der Waals surface area contributed by atoms with Crippen molar-refractivity contribution >= 4 is 16.3 Å². The molecule has 0 saturated heterocycles. The highest BCUT2D eigenvalue weighted by Crippen LogP contribution is 2.22. The van der Waals surface area contributed by atoms with Crippen LogP contribution in [-0.4, -0.2) is 15.4 Å². The largest absolute Gasteiger partial charge is 0.308 e. The lowest BCUT2D eigenvalue weighted by Gasteiger charge is -2.28. The van der Waals surface area contributed by atoms with Crippen molar-refractivity contribution in [2.75, 3.05) is 0 Å².